The van der Waals surface area contributed by atoms with E-state index in [4.69, 9.17) is 9.84 Å². The van der Waals surface area contributed by atoms with Gasteiger partial charge >= 0.3 is 0 Å². The first-order valence-corrected chi connectivity index (χ1v) is 11.2. The predicted molar refractivity (Wildman–Crippen MR) is 127 cm³/mol. The third-order valence-electron chi connectivity index (χ3n) is 5.16. The molecule has 0 fully saturated rings. The number of aromatic hydroxyl groups is 1. The summed E-state index contributed by atoms with van der Waals surface area (Å²) in [5.41, 5.74) is 2.41. The van der Waals surface area contributed by atoms with Crippen LogP contribution in [-0.4, -0.2) is 5.11 Å². The average molecular weight is 405 g/mol. The third-order valence-corrected chi connectivity index (χ3v) is 5.16. The first kappa shape index (κ1) is 23.5. The van der Waals surface area contributed by atoms with Crippen LogP contribution in [0.4, 0.5) is 0 Å². The number of phenolic OH excluding ortho intramolecular Hbond substituents is 1. The van der Waals surface area contributed by atoms with Crippen LogP contribution in [0, 0.1) is 0 Å². The molecule has 0 unspecified atom stereocenters. The molecule has 3 aromatic carbocycles. The van der Waals surface area contributed by atoms with Gasteiger partial charge in [0.25, 0.3) is 0 Å². The van der Waals surface area contributed by atoms with Crippen LogP contribution >= 0.6 is 0 Å². The molecule has 3 aromatic rings. The SMILES string of the molecule is CCCc1ccccc1OC(CCC)(CCC)c1ccccc1.Oc1ccccc1. The van der Waals surface area contributed by atoms with E-state index < -0.39 is 0 Å². The van der Waals surface area contributed by atoms with Crippen molar-refractivity contribution in [1.82, 2.24) is 0 Å². The van der Waals surface area contributed by atoms with E-state index in [1.807, 2.05) is 6.07 Å². The van der Waals surface area contributed by atoms with Gasteiger partial charge in [0.05, 0.1) is 0 Å². The van der Waals surface area contributed by atoms with Crippen molar-refractivity contribution >= 4 is 0 Å². The molecule has 0 saturated heterocycles. The van der Waals surface area contributed by atoms with Crippen molar-refractivity contribution in [1.29, 1.82) is 0 Å². The van der Waals surface area contributed by atoms with Gasteiger partial charge in [0, 0.05) is 0 Å². The van der Waals surface area contributed by atoms with E-state index >= 15 is 0 Å². The molecular formula is C28H36O2. The average Bonchev–Trinajstić information content (AvgIpc) is 2.77. The second-order valence-corrected chi connectivity index (χ2v) is 7.66. The zero-order valence-electron chi connectivity index (χ0n) is 18.7. The Balaban J connectivity index is 0.000000386. The van der Waals surface area contributed by atoms with E-state index in [-0.39, 0.29) is 5.60 Å². The molecule has 0 bridgehead atoms. The Labute approximate surface area is 182 Å². The molecule has 0 saturated carbocycles. The number of hydrogen-bond acceptors (Lipinski definition) is 2. The first-order valence-electron chi connectivity index (χ1n) is 11.2. The standard InChI is InChI=1S/C22H30O.C6H6O/c1-4-12-19-13-10-11-16-21(19)23-22(17-5-2,18-6-3)20-14-8-7-9-15-20;7-6-4-2-1-3-5-6/h7-11,13-16H,4-6,12,17-18H2,1-3H3;1-5,7H. The fourth-order valence-electron chi connectivity index (χ4n) is 3.84. The van der Waals surface area contributed by atoms with E-state index in [9.17, 15) is 0 Å². The summed E-state index contributed by atoms with van der Waals surface area (Å²) in [6, 6.07) is 28.0. The second-order valence-electron chi connectivity index (χ2n) is 7.66. The van der Waals surface area contributed by atoms with Crippen molar-refractivity contribution in [3.8, 4) is 11.5 Å². The zero-order chi connectivity index (χ0) is 21.7. The molecule has 1 N–H and O–H groups in total. The number of para-hydroxylation sites is 2. The highest BCUT2D eigenvalue weighted by molar-refractivity contribution is 5.35. The summed E-state index contributed by atoms with van der Waals surface area (Å²) < 4.78 is 6.75. The van der Waals surface area contributed by atoms with E-state index in [1.54, 1.807) is 24.3 Å². The third kappa shape index (κ3) is 6.95. The number of phenols is 1. The summed E-state index contributed by atoms with van der Waals surface area (Å²) in [6.07, 6.45) is 6.53. The normalized spacial score (nSPS) is 10.8. The smallest absolute Gasteiger partial charge is 0.134 e. The van der Waals surface area contributed by atoms with Crippen LogP contribution in [0.15, 0.2) is 84.9 Å². The van der Waals surface area contributed by atoms with E-state index in [0.29, 0.717) is 5.75 Å². The minimum Gasteiger partial charge on any atom is -0.508 e. The van der Waals surface area contributed by atoms with Crippen molar-refractivity contribution in [3.05, 3.63) is 96.1 Å². The van der Waals surface area contributed by atoms with Gasteiger partial charge in [-0.15, -0.1) is 0 Å². The van der Waals surface area contributed by atoms with Gasteiger partial charge in [-0.3, -0.25) is 0 Å². The van der Waals surface area contributed by atoms with Crippen molar-refractivity contribution in [2.24, 2.45) is 0 Å². The summed E-state index contributed by atoms with van der Waals surface area (Å²) in [5.74, 6) is 1.38. The molecule has 0 spiro atoms. The summed E-state index contributed by atoms with van der Waals surface area (Å²) in [5, 5.41) is 8.63. The van der Waals surface area contributed by atoms with Crippen molar-refractivity contribution in [3.63, 3.8) is 0 Å². The van der Waals surface area contributed by atoms with E-state index in [0.717, 1.165) is 44.3 Å². The van der Waals surface area contributed by atoms with Gasteiger partial charge in [-0.2, -0.15) is 0 Å². The maximum atomic E-state index is 8.63. The number of benzene rings is 3. The molecule has 2 nitrogen and oxygen atoms in total. The van der Waals surface area contributed by atoms with Crippen molar-refractivity contribution < 1.29 is 9.84 Å². The van der Waals surface area contributed by atoms with Crippen molar-refractivity contribution in [2.75, 3.05) is 0 Å². The Morgan fingerprint density at radius 2 is 1.20 bits per heavy atom. The molecule has 0 aliphatic heterocycles. The van der Waals surface area contributed by atoms with Gasteiger partial charge < -0.3 is 9.84 Å². The summed E-state index contributed by atoms with van der Waals surface area (Å²) in [4.78, 5) is 0. The number of hydrogen-bond donors (Lipinski definition) is 1. The molecule has 0 amide bonds. The largest absolute Gasteiger partial charge is 0.508 e. The minimum atomic E-state index is -0.214. The molecule has 30 heavy (non-hydrogen) atoms. The lowest BCUT2D eigenvalue weighted by Crippen LogP contribution is -2.33. The lowest BCUT2D eigenvalue weighted by molar-refractivity contribution is 0.0442. The molecule has 0 aromatic heterocycles. The Kier molecular flexibility index (Phi) is 10.00. The van der Waals surface area contributed by atoms with Gasteiger partial charge in [-0.25, -0.2) is 0 Å². The maximum absolute atomic E-state index is 8.63. The Bertz CT molecular complexity index is 822. The quantitative estimate of drug-likeness (QED) is 0.392. The van der Waals surface area contributed by atoms with E-state index in [2.05, 4.69) is 75.4 Å². The summed E-state index contributed by atoms with van der Waals surface area (Å²) in [7, 11) is 0. The molecule has 2 heteroatoms. The molecule has 0 aliphatic carbocycles. The van der Waals surface area contributed by atoms with Gasteiger partial charge in [0.2, 0.25) is 0 Å². The molecule has 0 aliphatic rings. The molecular weight excluding hydrogens is 368 g/mol. The number of rotatable bonds is 9. The molecule has 3 rings (SSSR count). The minimum absolute atomic E-state index is 0.214. The fourth-order valence-corrected chi connectivity index (χ4v) is 3.84. The Morgan fingerprint density at radius 3 is 1.70 bits per heavy atom. The first-order chi connectivity index (χ1) is 14.6. The van der Waals surface area contributed by atoms with Crippen LogP contribution in [0.2, 0.25) is 0 Å². The van der Waals surface area contributed by atoms with E-state index in [1.165, 1.54) is 11.1 Å². The van der Waals surface area contributed by atoms with Gasteiger partial charge in [-0.1, -0.05) is 107 Å². The van der Waals surface area contributed by atoms with Gasteiger partial charge in [0.15, 0.2) is 0 Å². The maximum Gasteiger partial charge on any atom is 0.134 e. The summed E-state index contributed by atoms with van der Waals surface area (Å²) >= 11 is 0. The lowest BCUT2D eigenvalue weighted by atomic mass is 9.84. The Morgan fingerprint density at radius 1 is 0.667 bits per heavy atom. The number of aryl methyl sites for hydroxylation is 1. The summed E-state index contributed by atoms with van der Waals surface area (Å²) in [6.45, 7) is 6.71. The van der Waals surface area contributed by atoms with Crippen LogP contribution in [0.1, 0.15) is 64.0 Å². The van der Waals surface area contributed by atoms with Crippen LogP contribution in [0.3, 0.4) is 0 Å². The molecule has 160 valence electrons. The lowest BCUT2D eigenvalue weighted by Gasteiger charge is -2.36. The molecule has 0 radical (unpaired) electrons. The topological polar surface area (TPSA) is 29.5 Å². The van der Waals surface area contributed by atoms with Crippen LogP contribution in [0.25, 0.3) is 0 Å². The highest BCUT2D eigenvalue weighted by Gasteiger charge is 2.33. The molecule has 0 heterocycles. The highest BCUT2D eigenvalue weighted by atomic mass is 16.5. The monoisotopic (exact) mass is 404 g/mol. The van der Waals surface area contributed by atoms with Gasteiger partial charge in [-0.05, 0) is 48.6 Å². The Hall–Kier alpha value is -2.74. The predicted octanol–water partition coefficient (Wildman–Crippen LogP) is 7.91. The fraction of sp³-hybridized carbons (Fsp3) is 0.357. The van der Waals surface area contributed by atoms with Gasteiger partial charge in [0.1, 0.15) is 17.1 Å². The van der Waals surface area contributed by atoms with Crippen LogP contribution in [-0.2, 0) is 12.0 Å². The van der Waals surface area contributed by atoms with Crippen LogP contribution in [0.5, 0.6) is 11.5 Å². The van der Waals surface area contributed by atoms with Crippen LogP contribution < -0.4 is 4.74 Å². The molecule has 0 atom stereocenters. The van der Waals surface area contributed by atoms with Crippen molar-refractivity contribution in [2.45, 2.75) is 64.9 Å². The zero-order valence-corrected chi connectivity index (χ0v) is 18.7. The highest BCUT2D eigenvalue weighted by Crippen LogP contribution is 2.38. The number of ether oxygens (including phenoxy) is 1. The second kappa shape index (κ2) is 12.7.